The first-order valence-corrected chi connectivity index (χ1v) is 9.19. The molecule has 1 aromatic heterocycles. The number of carboxylic acid groups (broad SMARTS) is 1. The van der Waals surface area contributed by atoms with Crippen molar-refractivity contribution in [2.24, 2.45) is 0 Å². The molecule has 26 heavy (non-hydrogen) atoms. The molecule has 0 bridgehead atoms. The quantitative estimate of drug-likeness (QED) is 0.717. The largest absolute Gasteiger partial charge is 0.482 e. The standard InChI is InChI=1S/C18H22N2O5S/c1-12-16(13(2)25-19-12)10-26-11-17(21)20(3)8-14-4-6-15(7-5-14)24-9-18(22)23/h4-7H,8-11H2,1-3H3,(H,22,23). The van der Waals surface area contributed by atoms with Gasteiger partial charge >= 0.3 is 5.97 Å². The Hall–Kier alpha value is -2.48. The number of aromatic nitrogens is 1. The van der Waals surface area contributed by atoms with Gasteiger partial charge in [-0.3, -0.25) is 4.79 Å². The van der Waals surface area contributed by atoms with Crippen molar-refractivity contribution >= 4 is 23.6 Å². The van der Waals surface area contributed by atoms with Crippen LogP contribution in [-0.4, -0.2) is 46.4 Å². The van der Waals surface area contributed by atoms with Gasteiger partial charge in [0.15, 0.2) is 6.61 Å². The lowest BCUT2D eigenvalue weighted by Gasteiger charge is -2.17. The van der Waals surface area contributed by atoms with E-state index < -0.39 is 5.97 Å². The topological polar surface area (TPSA) is 92.9 Å². The second kappa shape index (κ2) is 9.28. The highest BCUT2D eigenvalue weighted by molar-refractivity contribution is 7.99. The summed E-state index contributed by atoms with van der Waals surface area (Å²) in [6, 6.07) is 7.03. The number of aliphatic carboxylic acids is 1. The van der Waals surface area contributed by atoms with Crippen LogP contribution in [-0.2, 0) is 21.9 Å². The first-order valence-electron chi connectivity index (χ1n) is 8.03. The highest BCUT2D eigenvalue weighted by Gasteiger charge is 2.13. The summed E-state index contributed by atoms with van der Waals surface area (Å²) >= 11 is 1.53. The van der Waals surface area contributed by atoms with Gasteiger partial charge in [0.2, 0.25) is 5.91 Å². The molecule has 1 heterocycles. The number of benzene rings is 1. The molecule has 0 unspecified atom stereocenters. The van der Waals surface area contributed by atoms with Gasteiger partial charge in [-0.05, 0) is 31.5 Å². The van der Waals surface area contributed by atoms with Crippen LogP contribution in [0.5, 0.6) is 5.75 Å². The van der Waals surface area contributed by atoms with Crippen LogP contribution in [0.3, 0.4) is 0 Å². The normalized spacial score (nSPS) is 10.6. The maximum atomic E-state index is 12.3. The van der Waals surface area contributed by atoms with Crippen molar-refractivity contribution in [3.63, 3.8) is 0 Å². The molecule has 8 heteroatoms. The fourth-order valence-corrected chi connectivity index (χ4v) is 3.37. The Morgan fingerprint density at radius 2 is 1.96 bits per heavy atom. The number of hydrogen-bond acceptors (Lipinski definition) is 6. The Kier molecular flexibility index (Phi) is 7.08. The van der Waals surface area contributed by atoms with Crippen molar-refractivity contribution in [3.8, 4) is 5.75 Å². The minimum atomic E-state index is -1.02. The first kappa shape index (κ1) is 19.8. The highest BCUT2D eigenvalue weighted by atomic mass is 32.2. The molecule has 0 saturated carbocycles. The lowest BCUT2D eigenvalue weighted by molar-refractivity contribution is -0.139. The van der Waals surface area contributed by atoms with E-state index in [9.17, 15) is 9.59 Å². The van der Waals surface area contributed by atoms with Crippen LogP contribution < -0.4 is 4.74 Å². The van der Waals surface area contributed by atoms with Crippen LogP contribution >= 0.6 is 11.8 Å². The van der Waals surface area contributed by atoms with Crippen LogP contribution in [0.15, 0.2) is 28.8 Å². The van der Waals surface area contributed by atoms with Crippen molar-refractivity contribution in [2.45, 2.75) is 26.1 Å². The smallest absolute Gasteiger partial charge is 0.341 e. The number of aryl methyl sites for hydroxylation is 2. The van der Waals surface area contributed by atoms with Gasteiger partial charge in [-0.1, -0.05) is 17.3 Å². The SMILES string of the molecule is Cc1noc(C)c1CSCC(=O)N(C)Cc1ccc(OCC(=O)O)cc1. The lowest BCUT2D eigenvalue weighted by atomic mass is 10.2. The monoisotopic (exact) mass is 378 g/mol. The number of carbonyl (C=O) groups is 2. The number of ether oxygens (including phenoxy) is 1. The predicted molar refractivity (Wildman–Crippen MR) is 98.2 cm³/mol. The maximum Gasteiger partial charge on any atom is 0.341 e. The van der Waals surface area contributed by atoms with Gasteiger partial charge in [0.05, 0.1) is 11.4 Å². The number of rotatable bonds is 9. The molecule has 0 atom stereocenters. The summed E-state index contributed by atoms with van der Waals surface area (Å²) in [7, 11) is 1.76. The Morgan fingerprint density at radius 3 is 2.54 bits per heavy atom. The zero-order valence-corrected chi connectivity index (χ0v) is 15.8. The molecule has 0 spiro atoms. The molecule has 140 valence electrons. The Balaban J connectivity index is 1.78. The van der Waals surface area contributed by atoms with Crippen LogP contribution in [0.2, 0.25) is 0 Å². The van der Waals surface area contributed by atoms with E-state index in [0.29, 0.717) is 23.8 Å². The second-order valence-corrected chi connectivity index (χ2v) is 6.86. The zero-order chi connectivity index (χ0) is 19.1. The fourth-order valence-electron chi connectivity index (χ4n) is 2.26. The Labute approximate surface area is 156 Å². The second-order valence-electron chi connectivity index (χ2n) is 5.87. The molecule has 1 N–H and O–H groups in total. The molecule has 7 nitrogen and oxygen atoms in total. The summed E-state index contributed by atoms with van der Waals surface area (Å²) in [5, 5.41) is 12.5. The van der Waals surface area contributed by atoms with Crippen molar-refractivity contribution in [1.82, 2.24) is 10.1 Å². The van der Waals surface area contributed by atoms with Gasteiger partial charge in [0.1, 0.15) is 11.5 Å². The van der Waals surface area contributed by atoms with E-state index in [-0.39, 0.29) is 12.5 Å². The van der Waals surface area contributed by atoms with E-state index in [1.54, 1.807) is 24.1 Å². The van der Waals surface area contributed by atoms with Crippen molar-refractivity contribution in [3.05, 3.63) is 46.8 Å². The number of amides is 1. The molecule has 2 aromatic rings. The summed E-state index contributed by atoms with van der Waals surface area (Å²) in [4.78, 5) is 24.4. The molecular formula is C18H22N2O5S. The summed E-state index contributed by atoms with van der Waals surface area (Å²) in [5.74, 6) is 1.36. The highest BCUT2D eigenvalue weighted by Crippen LogP contribution is 2.20. The minimum Gasteiger partial charge on any atom is -0.482 e. The Morgan fingerprint density at radius 1 is 1.27 bits per heavy atom. The third-order valence-electron chi connectivity index (χ3n) is 3.78. The Bertz CT molecular complexity index is 738. The third-order valence-corrected chi connectivity index (χ3v) is 4.73. The summed E-state index contributed by atoms with van der Waals surface area (Å²) in [6.45, 7) is 3.86. The molecule has 1 amide bonds. The van der Waals surface area contributed by atoms with Crippen LogP contribution in [0.1, 0.15) is 22.6 Å². The summed E-state index contributed by atoms with van der Waals surface area (Å²) < 4.78 is 10.2. The average molecular weight is 378 g/mol. The molecule has 0 radical (unpaired) electrons. The van der Waals surface area contributed by atoms with E-state index in [1.165, 1.54) is 11.8 Å². The van der Waals surface area contributed by atoms with Gasteiger partial charge in [0, 0.05) is 24.9 Å². The van der Waals surface area contributed by atoms with E-state index >= 15 is 0 Å². The van der Waals surface area contributed by atoms with Crippen molar-refractivity contribution < 1.29 is 24.0 Å². The molecule has 1 aromatic carbocycles. The molecule has 0 aliphatic carbocycles. The van der Waals surface area contributed by atoms with Gasteiger partial charge in [0.25, 0.3) is 0 Å². The van der Waals surface area contributed by atoms with Crippen LogP contribution in [0, 0.1) is 13.8 Å². The van der Waals surface area contributed by atoms with E-state index in [4.69, 9.17) is 14.4 Å². The van der Waals surface area contributed by atoms with Crippen LogP contribution in [0.25, 0.3) is 0 Å². The van der Waals surface area contributed by atoms with Gasteiger partial charge in [-0.2, -0.15) is 0 Å². The summed E-state index contributed by atoms with van der Waals surface area (Å²) in [5.41, 5.74) is 2.85. The van der Waals surface area contributed by atoms with Crippen LogP contribution in [0.4, 0.5) is 0 Å². The molecular weight excluding hydrogens is 356 g/mol. The molecule has 2 rings (SSSR count). The maximum absolute atomic E-state index is 12.3. The number of carboxylic acids is 1. The molecule has 0 aliphatic rings. The number of carbonyl (C=O) groups excluding carboxylic acids is 1. The number of nitrogens with zero attached hydrogens (tertiary/aromatic N) is 2. The lowest BCUT2D eigenvalue weighted by Crippen LogP contribution is -2.27. The van der Waals surface area contributed by atoms with Crippen molar-refractivity contribution in [1.29, 1.82) is 0 Å². The van der Waals surface area contributed by atoms with E-state index in [1.807, 2.05) is 26.0 Å². The third kappa shape index (κ3) is 5.80. The zero-order valence-electron chi connectivity index (χ0n) is 15.0. The predicted octanol–water partition coefficient (Wildman–Crippen LogP) is 2.65. The molecule has 0 saturated heterocycles. The number of thioether (sulfide) groups is 1. The van der Waals surface area contributed by atoms with Crippen molar-refractivity contribution in [2.75, 3.05) is 19.4 Å². The van der Waals surface area contributed by atoms with Gasteiger partial charge in [-0.15, -0.1) is 11.8 Å². The average Bonchev–Trinajstić information content (AvgIpc) is 2.92. The molecule has 0 aliphatic heterocycles. The molecule has 0 fully saturated rings. The fraction of sp³-hybridized carbons (Fsp3) is 0.389. The van der Waals surface area contributed by atoms with E-state index in [0.717, 1.165) is 22.6 Å². The van der Waals surface area contributed by atoms with E-state index in [2.05, 4.69) is 5.16 Å². The minimum absolute atomic E-state index is 0.0352. The van der Waals surface area contributed by atoms with Gasteiger partial charge in [-0.25, -0.2) is 4.79 Å². The number of hydrogen-bond donors (Lipinski definition) is 1. The summed E-state index contributed by atoms with van der Waals surface area (Å²) in [6.07, 6.45) is 0. The van der Waals surface area contributed by atoms with Gasteiger partial charge < -0.3 is 19.3 Å². The first-order chi connectivity index (χ1) is 12.4.